The average Bonchev–Trinajstić information content (AvgIpc) is 1.99. The van der Waals surface area contributed by atoms with Crippen LogP contribution in [0.2, 0.25) is 5.02 Å². The van der Waals surface area contributed by atoms with Crippen molar-refractivity contribution in [3.8, 4) is 6.07 Å². The van der Waals surface area contributed by atoms with Gasteiger partial charge in [0.2, 0.25) is 0 Å². The molecular formula is C7H6ClN3. The Kier molecular flexibility index (Phi) is 1.88. The van der Waals surface area contributed by atoms with E-state index in [0.29, 0.717) is 10.7 Å². The van der Waals surface area contributed by atoms with Gasteiger partial charge in [-0.05, 0) is 12.1 Å². The smallest absolute Gasteiger partial charge is 0.103 e. The minimum Gasteiger partial charge on any atom is -0.397 e. The van der Waals surface area contributed by atoms with Crippen molar-refractivity contribution >= 4 is 23.0 Å². The summed E-state index contributed by atoms with van der Waals surface area (Å²) in [6, 6.07) is 4.98. The lowest BCUT2D eigenvalue weighted by Gasteiger charge is -2.02. The van der Waals surface area contributed by atoms with E-state index in [1.807, 2.05) is 6.07 Å². The quantitative estimate of drug-likeness (QED) is 0.573. The van der Waals surface area contributed by atoms with Gasteiger partial charge >= 0.3 is 0 Å². The van der Waals surface area contributed by atoms with Crippen molar-refractivity contribution in [1.29, 1.82) is 5.26 Å². The number of benzene rings is 1. The lowest BCUT2D eigenvalue weighted by Crippen LogP contribution is -1.97. The van der Waals surface area contributed by atoms with Crippen molar-refractivity contribution < 1.29 is 0 Å². The van der Waals surface area contributed by atoms with Crippen LogP contribution in [-0.4, -0.2) is 0 Å². The summed E-state index contributed by atoms with van der Waals surface area (Å²) in [5.74, 6) is 0. The van der Waals surface area contributed by atoms with Crippen LogP contribution in [0.25, 0.3) is 0 Å². The van der Waals surface area contributed by atoms with Gasteiger partial charge in [0.15, 0.2) is 0 Å². The fourth-order valence-corrected chi connectivity index (χ4v) is 0.930. The van der Waals surface area contributed by atoms with E-state index in [1.165, 1.54) is 0 Å². The zero-order valence-electron chi connectivity index (χ0n) is 5.63. The Morgan fingerprint density at radius 2 is 2.00 bits per heavy atom. The third-order valence-electron chi connectivity index (χ3n) is 1.34. The zero-order valence-corrected chi connectivity index (χ0v) is 6.39. The maximum Gasteiger partial charge on any atom is 0.103 e. The Labute approximate surface area is 69.2 Å². The molecule has 0 saturated heterocycles. The second-order valence-electron chi connectivity index (χ2n) is 2.04. The zero-order chi connectivity index (χ0) is 8.43. The molecule has 0 bridgehead atoms. The number of nitrogens with zero attached hydrogens (tertiary/aromatic N) is 1. The molecule has 3 nitrogen and oxygen atoms in total. The number of anilines is 2. The molecule has 0 aromatic heterocycles. The molecule has 11 heavy (non-hydrogen) atoms. The molecular weight excluding hydrogens is 162 g/mol. The molecule has 0 saturated carbocycles. The van der Waals surface area contributed by atoms with E-state index < -0.39 is 0 Å². The molecule has 1 rings (SSSR count). The van der Waals surface area contributed by atoms with Gasteiger partial charge in [-0.25, -0.2) is 0 Å². The maximum atomic E-state index is 8.55. The average molecular weight is 168 g/mol. The number of nitrogen functional groups attached to an aromatic ring is 2. The van der Waals surface area contributed by atoms with Crippen molar-refractivity contribution in [1.82, 2.24) is 0 Å². The molecule has 0 spiro atoms. The van der Waals surface area contributed by atoms with E-state index in [2.05, 4.69) is 0 Å². The van der Waals surface area contributed by atoms with E-state index in [0.717, 1.165) is 0 Å². The lowest BCUT2D eigenvalue weighted by atomic mass is 10.2. The highest BCUT2D eigenvalue weighted by Gasteiger charge is 2.05. The molecule has 0 heterocycles. The van der Waals surface area contributed by atoms with Crippen LogP contribution in [0.5, 0.6) is 0 Å². The van der Waals surface area contributed by atoms with Gasteiger partial charge in [0.25, 0.3) is 0 Å². The minimum absolute atomic E-state index is 0.242. The van der Waals surface area contributed by atoms with Crippen LogP contribution in [0.4, 0.5) is 11.4 Å². The number of nitriles is 1. The fraction of sp³-hybridized carbons (Fsp3) is 0. The first-order valence-electron chi connectivity index (χ1n) is 2.90. The predicted molar refractivity (Wildman–Crippen MR) is 45.0 cm³/mol. The Hall–Kier alpha value is -1.40. The van der Waals surface area contributed by atoms with Crippen LogP contribution in [0.3, 0.4) is 0 Å². The summed E-state index contributed by atoms with van der Waals surface area (Å²) in [5.41, 5.74) is 11.8. The van der Waals surface area contributed by atoms with Crippen molar-refractivity contribution in [3.05, 3.63) is 22.7 Å². The van der Waals surface area contributed by atoms with Crippen LogP contribution in [0.15, 0.2) is 12.1 Å². The molecule has 0 radical (unpaired) electrons. The van der Waals surface area contributed by atoms with E-state index in [4.69, 9.17) is 28.3 Å². The molecule has 0 amide bonds. The highest BCUT2D eigenvalue weighted by molar-refractivity contribution is 6.32. The number of hydrogen-bond donors (Lipinski definition) is 2. The minimum atomic E-state index is 0.242. The highest BCUT2D eigenvalue weighted by atomic mass is 35.5. The van der Waals surface area contributed by atoms with E-state index in [9.17, 15) is 0 Å². The third kappa shape index (κ3) is 1.21. The summed E-state index contributed by atoms with van der Waals surface area (Å²) < 4.78 is 0. The molecule has 0 aliphatic rings. The standard InChI is InChI=1S/C7H6ClN3/c8-5-1-2-6(10)7(11)4(5)3-9/h1-2H,10-11H2. The highest BCUT2D eigenvalue weighted by Crippen LogP contribution is 2.26. The number of nitrogens with two attached hydrogens (primary N) is 2. The Bertz CT molecular complexity index is 327. The van der Waals surface area contributed by atoms with E-state index in [1.54, 1.807) is 12.1 Å². The Morgan fingerprint density at radius 1 is 1.36 bits per heavy atom. The van der Waals surface area contributed by atoms with Crippen LogP contribution in [0.1, 0.15) is 5.56 Å². The first kappa shape index (κ1) is 7.70. The van der Waals surface area contributed by atoms with Gasteiger partial charge in [0.05, 0.1) is 22.0 Å². The van der Waals surface area contributed by atoms with Gasteiger partial charge in [-0.15, -0.1) is 0 Å². The molecule has 56 valence electrons. The SMILES string of the molecule is N#Cc1c(Cl)ccc(N)c1N. The summed E-state index contributed by atoms with van der Waals surface area (Å²) in [6.45, 7) is 0. The maximum absolute atomic E-state index is 8.55. The second-order valence-corrected chi connectivity index (χ2v) is 2.44. The van der Waals surface area contributed by atoms with Crippen molar-refractivity contribution in [3.63, 3.8) is 0 Å². The predicted octanol–water partition coefficient (Wildman–Crippen LogP) is 1.38. The van der Waals surface area contributed by atoms with Gasteiger partial charge in [-0.1, -0.05) is 11.6 Å². The summed E-state index contributed by atoms with van der Waals surface area (Å²) in [6.07, 6.45) is 0. The summed E-state index contributed by atoms with van der Waals surface area (Å²) in [5, 5.41) is 8.89. The van der Waals surface area contributed by atoms with Gasteiger partial charge < -0.3 is 11.5 Å². The van der Waals surface area contributed by atoms with Crippen molar-refractivity contribution in [2.45, 2.75) is 0 Å². The summed E-state index contributed by atoms with van der Waals surface area (Å²) in [4.78, 5) is 0. The monoisotopic (exact) mass is 167 g/mol. The van der Waals surface area contributed by atoms with E-state index >= 15 is 0 Å². The largest absolute Gasteiger partial charge is 0.397 e. The number of hydrogen-bond acceptors (Lipinski definition) is 3. The number of halogens is 1. The molecule has 4 heteroatoms. The van der Waals surface area contributed by atoms with Gasteiger partial charge in [0.1, 0.15) is 6.07 Å². The molecule has 0 fully saturated rings. The fourth-order valence-electron chi connectivity index (χ4n) is 0.723. The molecule has 0 atom stereocenters. The van der Waals surface area contributed by atoms with Gasteiger partial charge in [-0.2, -0.15) is 5.26 Å². The Balaban J connectivity index is 3.44. The normalized spacial score (nSPS) is 9.09. The topological polar surface area (TPSA) is 75.8 Å². The van der Waals surface area contributed by atoms with Gasteiger partial charge in [0, 0.05) is 0 Å². The molecule has 1 aromatic rings. The molecule has 0 aliphatic heterocycles. The van der Waals surface area contributed by atoms with Crippen molar-refractivity contribution in [2.24, 2.45) is 0 Å². The molecule has 0 aliphatic carbocycles. The first-order valence-corrected chi connectivity index (χ1v) is 3.28. The summed E-state index contributed by atoms with van der Waals surface area (Å²) in [7, 11) is 0. The molecule has 1 aromatic carbocycles. The van der Waals surface area contributed by atoms with E-state index in [-0.39, 0.29) is 11.3 Å². The van der Waals surface area contributed by atoms with Crippen LogP contribution >= 0.6 is 11.6 Å². The third-order valence-corrected chi connectivity index (χ3v) is 1.66. The van der Waals surface area contributed by atoms with Crippen LogP contribution in [-0.2, 0) is 0 Å². The van der Waals surface area contributed by atoms with Crippen LogP contribution in [0, 0.1) is 11.3 Å². The molecule has 0 unspecified atom stereocenters. The van der Waals surface area contributed by atoms with Crippen LogP contribution < -0.4 is 11.5 Å². The lowest BCUT2D eigenvalue weighted by molar-refractivity contribution is 1.48. The first-order chi connectivity index (χ1) is 5.16. The number of rotatable bonds is 0. The van der Waals surface area contributed by atoms with Crippen molar-refractivity contribution in [2.75, 3.05) is 11.5 Å². The summed E-state index contributed by atoms with van der Waals surface area (Å²) >= 11 is 5.64. The molecule has 4 N–H and O–H groups in total. The Morgan fingerprint density at radius 3 is 2.45 bits per heavy atom. The second kappa shape index (κ2) is 2.69. The van der Waals surface area contributed by atoms with Gasteiger partial charge in [-0.3, -0.25) is 0 Å².